The van der Waals surface area contributed by atoms with E-state index in [1.54, 1.807) is 7.05 Å². The summed E-state index contributed by atoms with van der Waals surface area (Å²) in [6, 6.07) is 4.18. The van der Waals surface area contributed by atoms with Gasteiger partial charge in [-0.2, -0.15) is 13.2 Å². The SMILES string of the molecule is CCCNC(=O)CN(C)CC(=O)Nc1ccc(C(F)(F)F)cc1. The van der Waals surface area contributed by atoms with Crippen molar-refractivity contribution in [1.82, 2.24) is 10.2 Å². The fraction of sp³-hybridized carbons (Fsp3) is 0.467. The Morgan fingerprint density at radius 3 is 2.17 bits per heavy atom. The number of likely N-dealkylation sites (N-methyl/N-ethyl adjacent to an activating group) is 1. The minimum absolute atomic E-state index is 0.0411. The molecule has 1 aromatic carbocycles. The Morgan fingerprint density at radius 2 is 1.65 bits per heavy atom. The first-order valence-corrected chi connectivity index (χ1v) is 7.14. The second-order valence-corrected chi connectivity index (χ2v) is 5.15. The molecule has 0 aliphatic rings. The van der Waals surface area contributed by atoms with E-state index in [4.69, 9.17) is 0 Å². The highest BCUT2D eigenvalue weighted by Gasteiger charge is 2.29. The van der Waals surface area contributed by atoms with Gasteiger partial charge in [0.25, 0.3) is 0 Å². The summed E-state index contributed by atoms with van der Waals surface area (Å²) in [6.07, 6.45) is -3.58. The molecule has 0 aromatic heterocycles. The smallest absolute Gasteiger partial charge is 0.355 e. The van der Waals surface area contributed by atoms with Crippen LogP contribution in [0.1, 0.15) is 18.9 Å². The van der Waals surface area contributed by atoms with E-state index in [0.29, 0.717) is 6.54 Å². The fourth-order valence-electron chi connectivity index (χ4n) is 1.81. The minimum atomic E-state index is -4.41. The fourth-order valence-corrected chi connectivity index (χ4v) is 1.81. The Labute approximate surface area is 132 Å². The highest BCUT2D eigenvalue weighted by atomic mass is 19.4. The summed E-state index contributed by atoms with van der Waals surface area (Å²) in [5.74, 6) is -0.591. The largest absolute Gasteiger partial charge is 0.416 e. The first-order valence-electron chi connectivity index (χ1n) is 7.14. The van der Waals surface area contributed by atoms with Crippen molar-refractivity contribution < 1.29 is 22.8 Å². The quantitative estimate of drug-likeness (QED) is 0.804. The van der Waals surface area contributed by atoms with Gasteiger partial charge < -0.3 is 10.6 Å². The Morgan fingerprint density at radius 1 is 1.09 bits per heavy atom. The van der Waals surface area contributed by atoms with E-state index in [1.807, 2.05) is 6.92 Å². The molecule has 1 rings (SSSR count). The number of nitrogens with zero attached hydrogens (tertiary/aromatic N) is 1. The molecule has 0 radical (unpaired) electrons. The van der Waals surface area contributed by atoms with Crippen molar-refractivity contribution in [3.05, 3.63) is 29.8 Å². The van der Waals surface area contributed by atoms with Crippen LogP contribution in [0.3, 0.4) is 0 Å². The number of alkyl halides is 3. The van der Waals surface area contributed by atoms with Crippen molar-refractivity contribution in [1.29, 1.82) is 0 Å². The van der Waals surface area contributed by atoms with Gasteiger partial charge in [0.05, 0.1) is 18.7 Å². The highest BCUT2D eigenvalue weighted by Crippen LogP contribution is 2.29. The molecule has 0 aliphatic carbocycles. The van der Waals surface area contributed by atoms with Crippen LogP contribution in [-0.4, -0.2) is 43.4 Å². The first kappa shape index (κ1) is 19.0. The molecule has 0 spiro atoms. The minimum Gasteiger partial charge on any atom is -0.355 e. The van der Waals surface area contributed by atoms with Gasteiger partial charge in [0.2, 0.25) is 11.8 Å². The lowest BCUT2D eigenvalue weighted by atomic mass is 10.2. The molecule has 0 fully saturated rings. The van der Waals surface area contributed by atoms with Gasteiger partial charge >= 0.3 is 6.18 Å². The number of halogens is 3. The van der Waals surface area contributed by atoms with E-state index in [-0.39, 0.29) is 24.7 Å². The van der Waals surface area contributed by atoms with Crippen LogP contribution in [0, 0.1) is 0 Å². The third kappa shape index (κ3) is 7.14. The zero-order valence-corrected chi connectivity index (χ0v) is 13.0. The van der Waals surface area contributed by atoms with Crippen LogP contribution in [0.15, 0.2) is 24.3 Å². The third-order valence-electron chi connectivity index (χ3n) is 2.90. The van der Waals surface area contributed by atoms with Gasteiger partial charge in [0, 0.05) is 12.2 Å². The number of carbonyl (C=O) groups excluding carboxylic acids is 2. The number of amides is 2. The molecule has 0 heterocycles. The van der Waals surface area contributed by atoms with E-state index in [1.165, 1.54) is 17.0 Å². The molecule has 0 atom stereocenters. The molecule has 23 heavy (non-hydrogen) atoms. The summed E-state index contributed by atoms with van der Waals surface area (Å²) in [5, 5.41) is 5.18. The molecular weight excluding hydrogens is 311 g/mol. The second-order valence-electron chi connectivity index (χ2n) is 5.15. The predicted octanol–water partition coefficient (Wildman–Crippen LogP) is 2.10. The lowest BCUT2D eigenvalue weighted by Crippen LogP contribution is -2.39. The maximum atomic E-state index is 12.4. The lowest BCUT2D eigenvalue weighted by Gasteiger charge is -2.16. The summed E-state index contributed by atoms with van der Waals surface area (Å²) in [5.41, 5.74) is -0.507. The van der Waals surface area contributed by atoms with Crippen LogP contribution in [0.2, 0.25) is 0 Å². The number of carbonyl (C=O) groups is 2. The Balaban J connectivity index is 2.45. The van der Waals surface area contributed by atoms with Gasteiger partial charge in [0.1, 0.15) is 0 Å². The summed E-state index contributed by atoms with van der Waals surface area (Å²) < 4.78 is 37.3. The zero-order chi connectivity index (χ0) is 17.5. The third-order valence-corrected chi connectivity index (χ3v) is 2.90. The molecular formula is C15H20F3N3O2. The van der Waals surface area contributed by atoms with Crippen molar-refractivity contribution in [2.24, 2.45) is 0 Å². The summed E-state index contributed by atoms with van der Waals surface area (Å²) >= 11 is 0. The average molecular weight is 331 g/mol. The molecule has 0 aliphatic heterocycles. The summed E-state index contributed by atoms with van der Waals surface area (Å²) in [4.78, 5) is 24.8. The topological polar surface area (TPSA) is 61.4 Å². The van der Waals surface area contributed by atoms with Gasteiger partial charge in [-0.25, -0.2) is 0 Å². The van der Waals surface area contributed by atoms with Crippen LogP contribution < -0.4 is 10.6 Å². The number of benzene rings is 1. The number of rotatable bonds is 7. The molecule has 0 saturated heterocycles. The zero-order valence-electron chi connectivity index (χ0n) is 13.0. The average Bonchev–Trinajstić information content (AvgIpc) is 2.44. The van der Waals surface area contributed by atoms with Crippen LogP contribution in [-0.2, 0) is 15.8 Å². The predicted molar refractivity (Wildman–Crippen MR) is 80.9 cm³/mol. The number of hydrogen-bond donors (Lipinski definition) is 2. The molecule has 8 heteroatoms. The number of anilines is 1. The normalized spacial score (nSPS) is 11.4. The van der Waals surface area contributed by atoms with E-state index in [0.717, 1.165) is 18.6 Å². The van der Waals surface area contributed by atoms with Gasteiger partial charge in [-0.3, -0.25) is 14.5 Å². The second kappa shape index (κ2) is 8.52. The van der Waals surface area contributed by atoms with Crippen LogP contribution >= 0.6 is 0 Å². The van der Waals surface area contributed by atoms with Gasteiger partial charge in [-0.1, -0.05) is 6.92 Å². The molecule has 0 saturated carbocycles. The highest BCUT2D eigenvalue weighted by molar-refractivity contribution is 5.92. The van der Waals surface area contributed by atoms with Crippen molar-refractivity contribution in [2.75, 3.05) is 32.0 Å². The van der Waals surface area contributed by atoms with Crippen molar-refractivity contribution in [3.63, 3.8) is 0 Å². The Kier molecular flexibility index (Phi) is 7.02. The molecule has 128 valence electrons. The molecule has 2 amide bonds. The summed E-state index contributed by atoms with van der Waals surface area (Å²) in [7, 11) is 1.61. The molecule has 0 bridgehead atoms. The maximum Gasteiger partial charge on any atom is 0.416 e. The Hall–Kier alpha value is -2.09. The van der Waals surface area contributed by atoms with E-state index in [2.05, 4.69) is 10.6 Å². The van der Waals surface area contributed by atoms with Crippen LogP contribution in [0.5, 0.6) is 0 Å². The monoisotopic (exact) mass is 331 g/mol. The van der Waals surface area contributed by atoms with Crippen LogP contribution in [0.4, 0.5) is 18.9 Å². The maximum absolute atomic E-state index is 12.4. The van der Waals surface area contributed by atoms with Gasteiger partial charge in [0.15, 0.2) is 0 Å². The Bertz CT molecular complexity index is 530. The standard InChI is InChI=1S/C15H20F3N3O2/c1-3-8-19-13(22)9-21(2)10-14(23)20-12-6-4-11(5-7-12)15(16,17)18/h4-7H,3,8-10H2,1-2H3,(H,19,22)(H,20,23). The number of hydrogen-bond acceptors (Lipinski definition) is 3. The van der Waals surface area contributed by atoms with Gasteiger partial charge in [-0.15, -0.1) is 0 Å². The van der Waals surface area contributed by atoms with Gasteiger partial charge in [-0.05, 0) is 37.7 Å². The molecule has 1 aromatic rings. The van der Waals surface area contributed by atoms with Crippen molar-refractivity contribution in [3.8, 4) is 0 Å². The van der Waals surface area contributed by atoms with E-state index < -0.39 is 17.6 Å². The van der Waals surface area contributed by atoms with Crippen molar-refractivity contribution >= 4 is 17.5 Å². The molecule has 5 nitrogen and oxygen atoms in total. The molecule has 2 N–H and O–H groups in total. The van der Waals surface area contributed by atoms with E-state index in [9.17, 15) is 22.8 Å². The van der Waals surface area contributed by atoms with Crippen LogP contribution in [0.25, 0.3) is 0 Å². The van der Waals surface area contributed by atoms with Crippen molar-refractivity contribution in [2.45, 2.75) is 19.5 Å². The number of nitrogens with one attached hydrogen (secondary N) is 2. The lowest BCUT2D eigenvalue weighted by molar-refractivity contribution is -0.137. The molecule has 0 unspecified atom stereocenters. The van der Waals surface area contributed by atoms with E-state index >= 15 is 0 Å². The first-order chi connectivity index (χ1) is 10.7. The summed E-state index contributed by atoms with van der Waals surface area (Å²) in [6.45, 7) is 2.53.